The molecule has 1 aromatic rings. The minimum absolute atomic E-state index is 0. The van der Waals surface area contributed by atoms with Gasteiger partial charge in [-0.25, -0.2) is 0 Å². The Labute approximate surface area is 87.3 Å². The fourth-order valence-electron chi connectivity index (χ4n) is 0.964. The molecule has 5 nitrogen and oxygen atoms in total. The maximum absolute atomic E-state index is 10.6. The van der Waals surface area contributed by atoms with Gasteiger partial charge in [0, 0.05) is 6.07 Å². The van der Waals surface area contributed by atoms with Crippen molar-refractivity contribution in [3.8, 4) is 0 Å². The first-order chi connectivity index (χ1) is 6.22. The molecule has 0 aliphatic carbocycles. The van der Waals surface area contributed by atoms with Crippen LogP contribution in [0.3, 0.4) is 0 Å². The lowest BCUT2D eigenvalue weighted by Gasteiger charge is -1.93. The van der Waals surface area contributed by atoms with Gasteiger partial charge in [0.15, 0.2) is 12.4 Å². The van der Waals surface area contributed by atoms with E-state index in [4.69, 9.17) is 10.9 Å². The Morgan fingerprint density at radius 3 is 3.00 bits per heavy atom. The highest BCUT2D eigenvalue weighted by atomic mass is 35.5. The quantitative estimate of drug-likeness (QED) is 0.235. The zero-order chi connectivity index (χ0) is 9.68. The largest absolute Gasteiger partial charge is 1.00 e. The summed E-state index contributed by atoms with van der Waals surface area (Å²) >= 11 is 0. The molecule has 1 rings (SSSR count). The van der Waals surface area contributed by atoms with Gasteiger partial charge < -0.3 is 23.3 Å². The number of pyridine rings is 1. The Hall–Kier alpha value is -1.62. The van der Waals surface area contributed by atoms with Crippen LogP contribution >= 0.6 is 0 Å². The molecule has 0 radical (unpaired) electrons. The van der Waals surface area contributed by atoms with Crippen molar-refractivity contribution in [3.05, 3.63) is 30.1 Å². The maximum Gasteiger partial charge on any atom is 0.283 e. The molecule has 1 heterocycles. The second-order valence-corrected chi connectivity index (χ2v) is 2.52. The van der Waals surface area contributed by atoms with Crippen LogP contribution in [0.25, 0.3) is 0 Å². The number of rotatable bonds is 3. The summed E-state index contributed by atoms with van der Waals surface area (Å²) in [6.07, 6.45) is 4.64. The number of hydrogen-bond acceptors (Lipinski definition) is 3. The minimum Gasteiger partial charge on any atom is -1.00 e. The van der Waals surface area contributed by atoms with Gasteiger partial charge in [-0.1, -0.05) is 5.16 Å². The van der Waals surface area contributed by atoms with Crippen LogP contribution in [0.1, 0.15) is 5.56 Å². The summed E-state index contributed by atoms with van der Waals surface area (Å²) in [5.74, 6) is -0.414. The molecule has 0 aliphatic rings. The average Bonchev–Trinajstić information content (AvgIpc) is 2.04. The van der Waals surface area contributed by atoms with E-state index in [0.717, 1.165) is 0 Å². The van der Waals surface area contributed by atoms with Gasteiger partial charge in [0.25, 0.3) is 5.91 Å². The molecule has 0 saturated heterocycles. The number of carbonyl (C=O) groups excluding carboxylic acids is 1. The summed E-state index contributed by atoms with van der Waals surface area (Å²) < 4.78 is 1.61. The summed E-state index contributed by atoms with van der Waals surface area (Å²) in [6.45, 7) is 0.118. The maximum atomic E-state index is 10.6. The van der Waals surface area contributed by atoms with Crippen LogP contribution in [0.2, 0.25) is 0 Å². The van der Waals surface area contributed by atoms with E-state index in [2.05, 4.69) is 5.16 Å². The van der Waals surface area contributed by atoms with E-state index in [1.807, 2.05) is 0 Å². The third-order valence-corrected chi connectivity index (χ3v) is 1.43. The van der Waals surface area contributed by atoms with Crippen LogP contribution in [0.5, 0.6) is 0 Å². The molecular weight excluding hydrogens is 206 g/mol. The SMILES string of the molecule is NC(=O)C[n+]1cccc(/C=N/O)c1.[Cl-]. The Morgan fingerprint density at radius 2 is 2.43 bits per heavy atom. The van der Waals surface area contributed by atoms with Crippen LogP contribution in [0.4, 0.5) is 0 Å². The fraction of sp³-hybridized carbons (Fsp3) is 0.125. The second kappa shape index (κ2) is 5.93. The van der Waals surface area contributed by atoms with Crippen LogP contribution in [-0.4, -0.2) is 17.3 Å². The van der Waals surface area contributed by atoms with Crippen molar-refractivity contribution in [2.24, 2.45) is 10.9 Å². The Balaban J connectivity index is 0.00000169. The lowest BCUT2D eigenvalue weighted by Crippen LogP contribution is -3.00. The molecule has 0 unspecified atom stereocenters. The van der Waals surface area contributed by atoms with E-state index in [1.54, 1.807) is 29.1 Å². The number of aromatic nitrogens is 1. The van der Waals surface area contributed by atoms with Gasteiger partial charge in [0.05, 0.1) is 11.8 Å². The topological polar surface area (TPSA) is 79.6 Å². The molecule has 0 spiro atoms. The summed E-state index contributed by atoms with van der Waals surface area (Å²) in [6, 6.07) is 3.48. The Morgan fingerprint density at radius 1 is 1.71 bits per heavy atom. The van der Waals surface area contributed by atoms with Crippen LogP contribution in [0, 0.1) is 0 Å². The Kier molecular flexibility index (Phi) is 5.24. The molecule has 0 bridgehead atoms. The van der Waals surface area contributed by atoms with Gasteiger partial charge in [0.2, 0.25) is 6.54 Å². The first-order valence-corrected chi connectivity index (χ1v) is 3.67. The number of nitrogens with zero attached hydrogens (tertiary/aromatic N) is 2. The molecule has 3 N–H and O–H groups in total. The molecule has 0 atom stereocenters. The number of nitrogens with two attached hydrogens (primary N) is 1. The fourth-order valence-corrected chi connectivity index (χ4v) is 0.964. The molecule has 1 amide bonds. The molecule has 6 heteroatoms. The predicted octanol–water partition coefficient (Wildman–Crippen LogP) is -3.73. The summed E-state index contributed by atoms with van der Waals surface area (Å²) in [7, 11) is 0. The van der Waals surface area contributed by atoms with Crippen LogP contribution in [-0.2, 0) is 11.3 Å². The highest BCUT2D eigenvalue weighted by Gasteiger charge is 2.04. The number of carbonyl (C=O) groups is 1. The monoisotopic (exact) mass is 215 g/mol. The third kappa shape index (κ3) is 3.86. The van der Waals surface area contributed by atoms with Gasteiger partial charge in [-0.2, -0.15) is 4.57 Å². The lowest BCUT2D eigenvalue weighted by atomic mass is 10.3. The van der Waals surface area contributed by atoms with Crippen LogP contribution in [0.15, 0.2) is 29.7 Å². The van der Waals surface area contributed by atoms with Crippen molar-refractivity contribution < 1.29 is 27.0 Å². The minimum atomic E-state index is -0.414. The molecule has 0 fully saturated rings. The number of primary amides is 1. The number of oxime groups is 1. The molecule has 0 aromatic carbocycles. The van der Waals surface area contributed by atoms with Crippen molar-refractivity contribution in [1.29, 1.82) is 0 Å². The molecule has 1 aromatic heterocycles. The molecular formula is C8H10ClN3O2. The van der Waals surface area contributed by atoms with Crippen molar-refractivity contribution in [3.63, 3.8) is 0 Å². The highest BCUT2D eigenvalue weighted by molar-refractivity contribution is 5.78. The third-order valence-electron chi connectivity index (χ3n) is 1.43. The average molecular weight is 216 g/mol. The molecule has 76 valence electrons. The zero-order valence-electron chi connectivity index (χ0n) is 7.30. The van der Waals surface area contributed by atoms with E-state index in [1.165, 1.54) is 6.21 Å². The first-order valence-electron chi connectivity index (χ1n) is 3.67. The van der Waals surface area contributed by atoms with E-state index in [-0.39, 0.29) is 19.0 Å². The molecule has 0 aliphatic heterocycles. The smallest absolute Gasteiger partial charge is 0.283 e. The number of amides is 1. The molecule has 0 saturated carbocycles. The molecule has 14 heavy (non-hydrogen) atoms. The second-order valence-electron chi connectivity index (χ2n) is 2.52. The lowest BCUT2D eigenvalue weighted by molar-refractivity contribution is -0.684. The number of halogens is 1. The zero-order valence-corrected chi connectivity index (χ0v) is 8.05. The van der Waals surface area contributed by atoms with Crippen molar-refractivity contribution in [2.45, 2.75) is 6.54 Å². The first kappa shape index (κ1) is 12.4. The number of hydrogen-bond donors (Lipinski definition) is 2. The summed E-state index contributed by atoms with van der Waals surface area (Å²) in [4.78, 5) is 10.6. The van der Waals surface area contributed by atoms with E-state index >= 15 is 0 Å². The van der Waals surface area contributed by atoms with E-state index in [0.29, 0.717) is 5.56 Å². The van der Waals surface area contributed by atoms with Gasteiger partial charge in [-0.05, 0) is 6.07 Å². The summed E-state index contributed by atoms with van der Waals surface area (Å²) in [5.41, 5.74) is 5.71. The van der Waals surface area contributed by atoms with Gasteiger partial charge in [-0.15, -0.1) is 0 Å². The van der Waals surface area contributed by atoms with Gasteiger partial charge in [-0.3, -0.25) is 4.79 Å². The van der Waals surface area contributed by atoms with Gasteiger partial charge in [0.1, 0.15) is 0 Å². The van der Waals surface area contributed by atoms with Crippen LogP contribution < -0.4 is 22.7 Å². The van der Waals surface area contributed by atoms with Crippen molar-refractivity contribution in [2.75, 3.05) is 0 Å². The predicted molar refractivity (Wildman–Crippen MR) is 45.2 cm³/mol. The van der Waals surface area contributed by atoms with E-state index < -0.39 is 5.91 Å². The highest BCUT2D eigenvalue weighted by Crippen LogP contribution is 1.88. The normalized spacial score (nSPS) is 9.71. The van der Waals surface area contributed by atoms with Crippen molar-refractivity contribution in [1.82, 2.24) is 0 Å². The van der Waals surface area contributed by atoms with Crippen molar-refractivity contribution >= 4 is 12.1 Å². The van der Waals surface area contributed by atoms with Gasteiger partial charge >= 0.3 is 0 Å². The summed E-state index contributed by atoms with van der Waals surface area (Å²) in [5, 5.41) is 11.1. The standard InChI is InChI=1S/C8H9N3O2.ClH/c9-8(12)6-11-3-1-2-7(5-11)4-10-13;/h1-5H,6H2,(H2-,9,12,13);1H/b10-4+;. The Bertz CT molecular complexity index is 341. The van der Waals surface area contributed by atoms with E-state index in [9.17, 15) is 4.79 Å².